The minimum Gasteiger partial charge on any atom is -0.491 e. The molecule has 2 amide bonds. The Morgan fingerprint density at radius 3 is 2.79 bits per heavy atom. The number of carbonyl (C=O) groups is 2. The molecule has 1 unspecified atom stereocenters. The van der Waals surface area contributed by atoms with Gasteiger partial charge in [-0.15, -0.1) is 0 Å². The minimum absolute atomic E-state index is 0.0269. The molecule has 1 saturated heterocycles. The van der Waals surface area contributed by atoms with E-state index in [1.54, 1.807) is 28.9 Å². The second kappa shape index (κ2) is 11.0. The van der Waals surface area contributed by atoms with Gasteiger partial charge in [-0.3, -0.25) is 14.3 Å². The topological polar surface area (TPSA) is 76.9 Å². The van der Waals surface area contributed by atoms with Crippen LogP contribution in [-0.4, -0.2) is 76.4 Å². The molecule has 1 atom stereocenters. The Morgan fingerprint density at radius 1 is 1.15 bits per heavy atom. The number of para-hydroxylation sites is 1. The maximum Gasteiger partial charge on any atom is 0.272 e. The van der Waals surface area contributed by atoms with Gasteiger partial charge in [0, 0.05) is 26.3 Å². The number of aromatic nitrogens is 2. The highest BCUT2D eigenvalue weighted by Gasteiger charge is 2.46. The summed E-state index contributed by atoms with van der Waals surface area (Å²) in [6, 6.07) is 9.87. The highest BCUT2D eigenvalue weighted by molar-refractivity contribution is 5.94. The third-order valence-corrected chi connectivity index (χ3v) is 6.84. The molecule has 2 aromatic rings. The van der Waals surface area contributed by atoms with E-state index >= 15 is 0 Å². The normalized spacial score (nSPS) is 22.0. The van der Waals surface area contributed by atoms with Crippen LogP contribution in [-0.2, 0) is 23.0 Å². The molecule has 4 rings (SSSR count). The molecule has 0 bridgehead atoms. The lowest BCUT2D eigenvalue weighted by Gasteiger charge is -2.44. The van der Waals surface area contributed by atoms with Crippen LogP contribution in [0.4, 0.5) is 0 Å². The number of ether oxygens (including phenoxy) is 2. The van der Waals surface area contributed by atoms with Crippen molar-refractivity contribution in [1.82, 2.24) is 19.6 Å². The molecule has 8 heteroatoms. The van der Waals surface area contributed by atoms with Crippen LogP contribution < -0.4 is 4.74 Å². The molecule has 0 N–H and O–H groups in total. The Bertz CT molecular complexity index is 991. The van der Waals surface area contributed by atoms with Gasteiger partial charge in [0.15, 0.2) is 5.60 Å². The first-order valence-electron chi connectivity index (χ1n) is 12.5. The molecule has 2 aliphatic heterocycles. The van der Waals surface area contributed by atoms with Gasteiger partial charge in [0.25, 0.3) is 11.8 Å². The lowest BCUT2D eigenvalue weighted by Crippen LogP contribution is -2.62. The lowest BCUT2D eigenvalue weighted by molar-refractivity contribution is -0.170. The van der Waals surface area contributed by atoms with Crippen molar-refractivity contribution in [2.24, 2.45) is 7.05 Å². The quantitative estimate of drug-likeness (QED) is 0.689. The first-order chi connectivity index (χ1) is 16.5. The number of amides is 2. The van der Waals surface area contributed by atoms with Crippen LogP contribution in [0, 0.1) is 0 Å². The van der Waals surface area contributed by atoms with Gasteiger partial charge >= 0.3 is 0 Å². The number of hydrogen-bond acceptors (Lipinski definition) is 5. The largest absolute Gasteiger partial charge is 0.491 e. The standard InChI is InChI=1S/C26H36N4O4/c1-3-4-15-29-16-18-33-23-11-6-5-9-21(23)10-7-8-13-26(25(29)32)20-30(17-19-34-26)24(31)22-12-14-27-28(22)2/h5-6,9,11-12,14H,3-4,7-8,10,13,15-20H2,1-2H3. The number of nitrogens with zero attached hydrogens (tertiary/aromatic N) is 4. The van der Waals surface area contributed by atoms with Gasteiger partial charge in [0.2, 0.25) is 0 Å². The van der Waals surface area contributed by atoms with E-state index in [2.05, 4.69) is 18.1 Å². The zero-order valence-corrected chi connectivity index (χ0v) is 20.4. The molecule has 1 aromatic carbocycles. The minimum atomic E-state index is -1.03. The Balaban J connectivity index is 1.59. The molecule has 1 aromatic heterocycles. The second-order valence-electron chi connectivity index (χ2n) is 9.22. The zero-order valence-electron chi connectivity index (χ0n) is 20.4. The van der Waals surface area contributed by atoms with Crippen LogP contribution in [0.2, 0.25) is 0 Å². The van der Waals surface area contributed by atoms with Crippen molar-refractivity contribution in [2.75, 3.05) is 39.4 Å². The van der Waals surface area contributed by atoms with E-state index in [-0.39, 0.29) is 18.4 Å². The van der Waals surface area contributed by atoms with Gasteiger partial charge in [-0.2, -0.15) is 5.10 Å². The molecule has 0 radical (unpaired) electrons. The number of benzene rings is 1. The first-order valence-corrected chi connectivity index (χ1v) is 12.5. The molecule has 2 aliphatic rings. The van der Waals surface area contributed by atoms with Gasteiger partial charge in [0.05, 0.1) is 19.7 Å². The van der Waals surface area contributed by atoms with Gasteiger partial charge in [0.1, 0.15) is 18.1 Å². The van der Waals surface area contributed by atoms with E-state index in [0.717, 1.165) is 37.9 Å². The lowest BCUT2D eigenvalue weighted by atomic mass is 9.90. The fourth-order valence-corrected chi connectivity index (χ4v) is 4.89. The van der Waals surface area contributed by atoms with Crippen molar-refractivity contribution in [2.45, 2.75) is 51.0 Å². The molecule has 1 spiro atoms. The predicted molar refractivity (Wildman–Crippen MR) is 129 cm³/mol. The van der Waals surface area contributed by atoms with E-state index in [9.17, 15) is 9.59 Å². The Morgan fingerprint density at radius 2 is 2.00 bits per heavy atom. The van der Waals surface area contributed by atoms with Crippen molar-refractivity contribution in [3.63, 3.8) is 0 Å². The number of fused-ring (bicyclic) bond motifs is 1. The van der Waals surface area contributed by atoms with Crippen LogP contribution in [0.15, 0.2) is 36.5 Å². The van der Waals surface area contributed by atoms with Gasteiger partial charge in [-0.25, -0.2) is 0 Å². The summed E-state index contributed by atoms with van der Waals surface area (Å²) in [4.78, 5) is 30.9. The smallest absolute Gasteiger partial charge is 0.272 e. The molecule has 1 fully saturated rings. The molecular formula is C26H36N4O4. The Hall–Kier alpha value is -2.87. The van der Waals surface area contributed by atoms with Crippen molar-refractivity contribution in [3.8, 4) is 5.75 Å². The maximum absolute atomic E-state index is 14.0. The van der Waals surface area contributed by atoms with Crippen molar-refractivity contribution in [3.05, 3.63) is 47.8 Å². The summed E-state index contributed by atoms with van der Waals surface area (Å²) in [5.41, 5.74) is 0.686. The van der Waals surface area contributed by atoms with Crippen LogP contribution >= 0.6 is 0 Å². The second-order valence-corrected chi connectivity index (χ2v) is 9.22. The molecule has 3 heterocycles. The highest BCUT2D eigenvalue weighted by Crippen LogP contribution is 2.30. The van der Waals surface area contributed by atoms with E-state index in [1.807, 2.05) is 23.1 Å². The summed E-state index contributed by atoms with van der Waals surface area (Å²) in [6.45, 7) is 4.76. The Labute approximate surface area is 201 Å². The average molecular weight is 469 g/mol. The molecular weight excluding hydrogens is 432 g/mol. The molecule has 8 nitrogen and oxygen atoms in total. The van der Waals surface area contributed by atoms with E-state index < -0.39 is 5.60 Å². The fraction of sp³-hybridized carbons (Fsp3) is 0.577. The van der Waals surface area contributed by atoms with Crippen molar-refractivity contribution >= 4 is 11.8 Å². The third kappa shape index (κ3) is 5.27. The number of carbonyl (C=O) groups excluding carboxylic acids is 2. The number of unbranched alkanes of at least 4 members (excludes halogenated alkanes) is 1. The van der Waals surface area contributed by atoms with Crippen LogP contribution in [0.5, 0.6) is 5.75 Å². The molecule has 0 aliphatic carbocycles. The number of morpholine rings is 1. The summed E-state index contributed by atoms with van der Waals surface area (Å²) in [5, 5.41) is 4.13. The van der Waals surface area contributed by atoms with Gasteiger partial charge in [-0.1, -0.05) is 31.5 Å². The molecule has 184 valence electrons. The van der Waals surface area contributed by atoms with Crippen molar-refractivity contribution in [1.29, 1.82) is 0 Å². The summed E-state index contributed by atoms with van der Waals surface area (Å²) in [6.07, 6.45) is 6.75. The Kier molecular flexibility index (Phi) is 7.88. The molecule has 0 saturated carbocycles. The molecule has 34 heavy (non-hydrogen) atoms. The third-order valence-electron chi connectivity index (χ3n) is 6.84. The van der Waals surface area contributed by atoms with Crippen LogP contribution in [0.3, 0.4) is 0 Å². The summed E-state index contributed by atoms with van der Waals surface area (Å²) in [5.74, 6) is 0.766. The fourth-order valence-electron chi connectivity index (χ4n) is 4.89. The summed E-state index contributed by atoms with van der Waals surface area (Å²) >= 11 is 0. The van der Waals surface area contributed by atoms with E-state index in [1.165, 1.54) is 5.56 Å². The van der Waals surface area contributed by atoms with Crippen molar-refractivity contribution < 1.29 is 19.1 Å². The average Bonchev–Trinajstić information content (AvgIpc) is 3.29. The first kappa shape index (κ1) is 24.3. The monoisotopic (exact) mass is 468 g/mol. The zero-order chi connectivity index (χ0) is 24.0. The summed E-state index contributed by atoms with van der Waals surface area (Å²) < 4.78 is 14.0. The maximum atomic E-state index is 14.0. The number of aryl methyl sites for hydroxylation is 2. The van der Waals surface area contributed by atoms with Crippen LogP contribution in [0.25, 0.3) is 0 Å². The number of rotatable bonds is 4. The van der Waals surface area contributed by atoms with Crippen LogP contribution in [0.1, 0.15) is 55.1 Å². The number of hydrogen-bond donors (Lipinski definition) is 0. The SMILES string of the molecule is CCCCN1CCOc2ccccc2CCCCC2(CN(C(=O)c3ccnn3C)CCO2)C1=O. The predicted octanol–water partition coefficient (Wildman–Crippen LogP) is 3.07. The van der Waals surface area contributed by atoms with Gasteiger partial charge in [-0.05, 0) is 49.8 Å². The summed E-state index contributed by atoms with van der Waals surface area (Å²) in [7, 11) is 1.76. The van der Waals surface area contributed by atoms with Gasteiger partial charge < -0.3 is 19.3 Å². The highest BCUT2D eigenvalue weighted by atomic mass is 16.5. The van der Waals surface area contributed by atoms with E-state index in [0.29, 0.717) is 45.0 Å². The van der Waals surface area contributed by atoms with E-state index in [4.69, 9.17) is 9.47 Å².